The van der Waals surface area contributed by atoms with Gasteiger partial charge in [-0.1, -0.05) is 84.2 Å². The van der Waals surface area contributed by atoms with E-state index < -0.39 is 0 Å². The van der Waals surface area contributed by atoms with Crippen LogP contribution in [0.2, 0.25) is 0 Å². The fourth-order valence-electron chi connectivity index (χ4n) is 2.79. The summed E-state index contributed by atoms with van der Waals surface area (Å²) in [4.78, 5) is 0. The second kappa shape index (κ2) is 11.0. The summed E-state index contributed by atoms with van der Waals surface area (Å²) in [6.45, 7) is 0. The van der Waals surface area contributed by atoms with Gasteiger partial charge < -0.3 is 8.83 Å². The van der Waals surface area contributed by atoms with Crippen molar-refractivity contribution in [2.45, 2.75) is 47.6 Å². The van der Waals surface area contributed by atoms with E-state index in [1.165, 1.54) is 11.1 Å². The molecule has 0 amide bonds. The lowest BCUT2D eigenvalue weighted by Gasteiger charge is -1.97. The Balaban J connectivity index is 1.14. The lowest BCUT2D eigenvalue weighted by Crippen LogP contribution is -1.90. The van der Waals surface area contributed by atoms with Crippen LogP contribution in [0.15, 0.2) is 79.9 Å². The van der Waals surface area contributed by atoms with Crippen molar-refractivity contribution >= 4 is 23.5 Å². The van der Waals surface area contributed by atoms with E-state index in [2.05, 4.69) is 44.7 Å². The molecule has 2 heterocycles. The van der Waals surface area contributed by atoms with Gasteiger partial charge >= 0.3 is 0 Å². The molecule has 0 bridgehead atoms. The molecule has 154 valence electrons. The van der Waals surface area contributed by atoms with Crippen LogP contribution in [0.3, 0.4) is 0 Å². The Kier molecular flexibility index (Phi) is 7.57. The molecular formula is C22H22N4O2S2. The van der Waals surface area contributed by atoms with E-state index in [-0.39, 0.29) is 0 Å². The fourth-order valence-corrected chi connectivity index (χ4v) is 4.26. The van der Waals surface area contributed by atoms with E-state index >= 15 is 0 Å². The molecule has 0 spiro atoms. The highest BCUT2D eigenvalue weighted by molar-refractivity contribution is 7.98. The minimum Gasteiger partial charge on any atom is -0.416 e. The number of unbranched alkanes of at least 4 members (excludes halogenated alkanes) is 1. The van der Waals surface area contributed by atoms with Crippen LogP contribution in [-0.2, 0) is 24.3 Å². The van der Waals surface area contributed by atoms with E-state index in [1.54, 1.807) is 23.5 Å². The van der Waals surface area contributed by atoms with Crippen molar-refractivity contribution in [2.24, 2.45) is 0 Å². The minimum absolute atomic E-state index is 0.617. The molecule has 0 radical (unpaired) electrons. The molecule has 4 rings (SSSR count). The number of nitrogens with zero attached hydrogens (tertiary/aromatic N) is 4. The molecule has 0 aliphatic carbocycles. The number of aromatic nitrogens is 4. The largest absolute Gasteiger partial charge is 0.416 e. The zero-order valence-corrected chi connectivity index (χ0v) is 18.1. The van der Waals surface area contributed by atoms with Gasteiger partial charge in [-0.3, -0.25) is 0 Å². The molecule has 4 aromatic rings. The third-order valence-electron chi connectivity index (χ3n) is 4.34. The Labute approximate surface area is 183 Å². The van der Waals surface area contributed by atoms with Crippen LogP contribution in [0, 0.1) is 0 Å². The van der Waals surface area contributed by atoms with Gasteiger partial charge in [0.25, 0.3) is 10.4 Å². The SMILES string of the molecule is c1ccc(CSc2nnc(CCCCc3nnc(SCc4ccccc4)o3)o2)cc1. The highest BCUT2D eigenvalue weighted by atomic mass is 32.2. The number of benzene rings is 2. The summed E-state index contributed by atoms with van der Waals surface area (Å²) in [6, 6.07) is 20.5. The number of hydrogen-bond donors (Lipinski definition) is 0. The van der Waals surface area contributed by atoms with Gasteiger partial charge in [0.1, 0.15) is 0 Å². The molecule has 0 saturated carbocycles. The third-order valence-corrected chi connectivity index (χ3v) is 6.12. The van der Waals surface area contributed by atoms with E-state index in [0.717, 1.165) is 37.2 Å². The molecule has 0 fully saturated rings. The Hall–Kier alpha value is -2.58. The molecule has 0 aliphatic rings. The van der Waals surface area contributed by atoms with Gasteiger partial charge in [-0.05, 0) is 24.0 Å². The summed E-state index contributed by atoms with van der Waals surface area (Å²) < 4.78 is 11.4. The number of rotatable bonds is 11. The Morgan fingerprint density at radius 3 is 1.43 bits per heavy atom. The van der Waals surface area contributed by atoms with Crippen molar-refractivity contribution in [1.82, 2.24) is 20.4 Å². The second-order valence-electron chi connectivity index (χ2n) is 6.68. The molecule has 0 aliphatic heterocycles. The molecule has 8 heteroatoms. The van der Waals surface area contributed by atoms with Gasteiger partial charge in [-0.15, -0.1) is 20.4 Å². The number of thioether (sulfide) groups is 2. The number of aryl methyl sites for hydroxylation is 2. The Bertz CT molecular complexity index is 938. The standard InChI is InChI=1S/C22H22N4O2S2/c1-3-9-17(10-4-1)15-29-21-25-23-19(27-21)13-7-8-14-20-24-26-22(28-20)30-16-18-11-5-2-6-12-18/h1-6,9-12H,7-8,13-16H2. The van der Waals surface area contributed by atoms with Crippen LogP contribution in [0.5, 0.6) is 0 Å². The quantitative estimate of drug-likeness (QED) is 0.221. The predicted molar refractivity (Wildman–Crippen MR) is 117 cm³/mol. The second-order valence-corrected chi connectivity index (χ2v) is 8.53. The molecular weight excluding hydrogens is 416 g/mol. The predicted octanol–water partition coefficient (Wildman–Crippen LogP) is 5.60. The molecule has 30 heavy (non-hydrogen) atoms. The lowest BCUT2D eigenvalue weighted by molar-refractivity contribution is 0.395. The third kappa shape index (κ3) is 6.47. The van der Waals surface area contributed by atoms with Crippen LogP contribution in [0.25, 0.3) is 0 Å². The molecule has 0 unspecified atom stereocenters. The normalized spacial score (nSPS) is 11.1. The summed E-state index contributed by atoms with van der Waals surface area (Å²) in [5, 5.41) is 17.7. The van der Waals surface area contributed by atoms with Crippen LogP contribution < -0.4 is 0 Å². The summed E-state index contributed by atoms with van der Waals surface area (Å²) in [5.74, 6) is 3.00. The molecule has 0 N–H and O–H groups in total. The van der Waals surface area contributed by atoms with E-state index in [0.29, 0.717) is 22.2 Å². The first kappa shape index (κ1) is 20.7. The highest BCUT2D eigenvalue weighted by Gasteiger charge is 2.09. The van der Waals surface area contributed by atoms with Gasteiger partial charge in [0.05, 0.1) is 0 Å². The first-order valence-electron chi connectivity index (χ1n) is 9.83. The van der Waals surface area contributed by atoms with Crippen molar-refractivity contribution < 1.29 is 8.83 Å². The first-order chi connectivity index (χ1) is 14.8. The summed E-state index contributed by atoms with van der Waals surface area (Å²) in [7, 11) is 0. The van der Waals surface area contributed by atoms with Gasteiger partial charge in [0.2, 0.25) is 11.8 Å². The van der Waals surface area contributed by atoms with Gasteiger partial charge in [0.15, 0.2) is 0 Å². The molecule has 6 nitrogen and oxygen atoms in total. The molecule has 2 aromatic carbocycles. The summed E-state index contributed by atoms with van der Waals surface area (Å²) in [5.41, 5.74) is 2.48. The average molecular weight is 439 g/mol. The van der Waals surface area contributed by atoms with Gasteiger partial charge in [0, 0.05) is 24.3 Å². The maximum Gasteiger partial charge on any atom is 0.276 e. The van der Waals surface area contributed by atoms with Crippen LogP contribution >= 0.6 is 23.5 Å². The zero-order valence-electron chi connectivity index (χ0n) is 16.4. The van der Waals surface area contributed by atoms with E-state index in [9.17, 15) is 0 Å². The fraction of sp³-hybridized carbons (Fsp3) is 0.273. The summed E-state index contributed by atoms with van der Waals surface area (Å²) >= 11 is 3.12. The smallest absolute Gasteiger partial charge is 0.276 e. The Morgan fingerprint density at radius 2 is 1.00 bits per heavy atom. The monoisotopic (exact) mass is 438 g/mol. The maximum absolute atomic E-state index is 5.72. The van der Waals surface area contributed by atoms with Crippen LogP contribution in [0.4, 0.5) is 0 Å². The number of hydrogen-bond acceptors (Lipinski definition) is 8. The van der Waals surface area contributed by atoms with Gasteiger partial charge in [-0.2, -0.15) is 0 Å². The molecule has 0 atom stereocenters. The van der Waals surface area contributed by atoms with Gasteiger partial charge in [-0.25, -0.2) is 0 Å². The van der Waals surface area contributed by atoms with Crippen molar-refractivity contribution in [1.29, 1.82) is 0 Å². The summed E-state index contributed by atoms with van der Waals surface area (Å²) in [6.07, 6.45) is 3.37. The van der Waals surface area contributed by atoms with Crippen molar-refractivity contribution in [3.8, 4) is 0 Å². The van der Waals surface area contributed by atoms with Crippen molar-refractivity contribution in [3.05, 3.63) is 83.6 Å². The van der Waals surface area contributed by atoms with Crippen molar-refractivity contribution in [3.63, 3.8) is 0 Å². The average Bonchev–Trinajstić information content (AvgIpc) is 3.45. The maximum atomic E-state index is 5.72. The molecule has 0 saturated heterocycles. The first-order valence-corrected chi connectivity index (χ1v) is 11.8. The topological polar surface area (TPSA) is 77.8 Å². The lowest BCUT2D eigenvalue weighted by atomic mass is 10.2. The van der Waals surface area contributed by atoms with Crippen LogP contribution in [0.1, 0.15) is 35.7 Å². The molecule has 2 aromatic heterocycles. The highest BCUT2D eigenvalue weighted by Crippen LogP contribution is 2.23. The minimum atomic E-state index is 0.617. The van der Waals surface area contributed by atoms with E-state index in [4.69, 9.17) is 8.83 Å². The Morgan fingerprint density at radius 1 is 0.567 bits per heavy atom. The zero-order chi connectivity index (χ0) is 20.4. The van der Waals surface area contributed by atoms with Crippen molar-refractivity contribution in [2.75, 3.05) is 0 Å². The van der Waals surface area contributed by atoms with E-state index in [1.807, 2.05) is 36.4 Å². The van der Waals surface area contributed by atoms with Crippen LogP contribution in [-0.4, -0.2) is 20.4 Å².